The monoisotopic (exact) mass is 265 g/mol. The zero-order valence-corrected chi connectivity index (χ0v) is 10.5. The van der Waals surface area contributed by atoms with Gasteiger partial charge in [0.2, 0.25) is 0 Å². The van der Waals surface area contributed by atoms with Gasteiger partial charge in [0.15, 0.2) is 5.54 Å². The number of aliphatic carboxylic acids is 1. The maximum Gasteiger partial charge on any atom is 0.410 e. The van der Waals surface area contributed by atoms with Crippen molar-refractivity contribution in [2.24, 2.45) is 0 Å². The van der Waals surface area contributed by atoms with E-state index in [0.29, 0.717) is 0 Å². The maximum atomic E-state index is 11.8. The molecule has 1 aliphatic rings. The fraction of sp³-hybridized carbons (Fsp3) is 0.385. The van der Waals surface area contributed by atoms with E-state index in [1.54, 1.807) is 0 Å². The topological polar surface area (TPSA) is 76.1 Å². The van der Waals surface area contributed by atoms with Crippen molar-refractivity contribution in [1.29, 1.82) is 0 Å². The fourth-order valence-electron chi connectivity index (χ4n) is 1.75. The van der Waals surface area contributed by atoms with E-state index in [4.69, 9.17) is 14.6 Å². The number of carbonyl (C=O) groups is 2. The van der Waals surface area contributed by atoms with Crippen molar-refractivity contribution in [3.8, 4) is 0 Å². The molecule has 102 valence electrons. The highest BCUT2D eigenvalue weighted by Gasteiger charge is 2.52. The third kappa shape index (κ3) is 2.53. The normalized spacial score (nSPS) is 16.3. The molecule has 1 heterocycles. The number of benzene rings is 1. The molecule has 0 saturated carbocycles. The van der Waals surface area contributed by atoms with Gasteiger partial charge in [0, 0.05) is 7.05 Å². The standard InChI is InChI=1S/C13H15NO5/c1-14(13(11(15)16)8-18-9-13)12(17)19-7-10-5-3-2-4-6-10/h2-6H,7-9H2,1H3,(H,15,16). The van der Waals surface area contributed by atoms with Gasteiger partial charge in [-0.3, -0.25) is 4.90 Å². The highest BCUT2D eigenvalue weighted by molar-refractivity contribution is 5.85. The highest BCUT2D eigenvalue weighted by Crippen LogP contribution is 2.25. The van der Waals surface area contributed by atoms with Gasteiger partial charge in [-0.15, -0.1) is 0 Å². The van der Waals surface area contributed by atoms with Gasteiger partial charge in [0.25, 0.3) is 0 Å². The number of carboxylic acid groups (broad SMARTS) is 1. The van der Waals surface area contributed by atoms with Gasteiger partial charge in [0.05, 0.1) is 13.2 Å². The van der Waals surface area contributed by atoms with E-state index in [2.05, 4.69) is 0 Å². The van der Waals surface area contributed by atoms with Crippen LogP contribution in [0.5, 0.6) is 0 Å². The summed E-state index contributed by atoms with van der Waals surface area (Å²) >= 11 is 0. The molecule has 0 bridgehead atoms. The summed E-state index contributed by atoms with van der Waals surface area (Å²) in [6.07, 6.45) is -0.672. The largest absolute Gasteiger partial charge is 0.479 e. The highest BCUT2D eigenvalue weighted by atomic mass is 16.6. The van der Waals surface area contributed by atoms with Crippen molar-refractivity contribution >= 4 is 12.1 Å². The van der Waals surface area contributed by atoms with Crippen LogP contribution in [0.25, 0.3) is 0 Å². The molecule has 1 fully saturated rings. The molecule has 1 aromatic rings. The molecule has 6 nitrogen and oxygen atoms in total. The Kier molecular flexibility index (Phi) is 3.71. The Morgan fingerprint density at radius 3 is 2.47 bits per heavy atom. The summed E-state index contributed by atoms with van der Waals surface area (Å²) in [5.74, 6) is -1.09. The molecular weight excluding hydrogens is 250 g/mol. The minimum Gasteiger partial charge on any atom is -0.479 e. The van der Waals surface area contributed by atoms with Gasteiger partial charge >= 0.3 is 12.1 Å². The Bertz CT molecular complexity index is 469. The summed E-state index contributed by atoms with van der Waals surface area (Å²) in [5, 5.41) is 9.16. The number of likely N-dealkylation sites (N-methyl/N-ethyl adjacent to an activating group) is 1. The molecule has 1 amide bonds. The Balaban J connectivity index is 1.94. The number of rotatable bonds is 4. The summed E-state index contributed by atoms with van der Waals surface area (Å²) in [5.41, 5.74) is -0.452. The number of hydrogen-bond acceptors (Lipinski definition) is 4. The number of carbonyl (C=O) groups excluding carboxylic acids is 1. The molecule has 0 aliphatic carbocycles. The molecule has 1 saturated heterocycles. The molecule has 1 aliphatic heterocycles. The number of nitrogens with zero attached hydrogens (tertiary/aromatic N) is 1. The Hall–Kier alpha value is -2.08. The van der Waals surface area contributed by atoms with Gasteiger partial charge in [-0.1, -0.05) is 30.3 Å². The second-order valence-corrected chi connectivity index (χ2v) is 4.43. The summed E-state index contributed by atoms with van der Waals surface area (Å²) < 4.78 is 9.99. The average molecular weight is 265 g/mol. The molecule has 0 radical (unpaired) electrons. The summed E-state index contributed by atoms with van der Waals surface area (Å²) in [7, 11) is 1.41. The van der Waals surface area contributed by atoms with E-state index in [1.807, 2.05) is 30.3 Å². The predicted molar refractivity (Wildman–Crippen MR) is 65.6 cm³/mol. The first-order valence-corrected chi connectivity index (χ1v) is 5.82. The number of amides is 1. The van der Waals surface area contributed by atoms with E-state index >= 15 is 0 Å². The third-order valence-electron chi connectivity index (χ3n) is 3.20. The second kappa shape index (κ2) is 5.27. The van der Waals surface area contributed by atoms with Crippen LogP contribution in [-0.2, 0) is 20.9 Å². The molecule has 0 atom stereocenters. The molecule has 1 N–H and O–H groups in total. The van der Waals surface area contributed by atoms with Crippen LogP contribution in [0.1, 0.15) is 5.56 Å². The molecule has 0 spiro atoms. The van der Waals surface area contributed by atoms with E-state index < -0.39 is 17.6 Å². The number of hydrogen-bond donors (Lipinski definition) is 1. The van der Waals surface area contributed by atoms with Crippen molar-refractivity contribution in [1.82, 2.24) is 4.90 Å². The minimum atomic E-state index is -1.30. The van der Waals surface area contributed by atoms with E-state index in [1.165, 1.54) is 7.05 Å². The molecule has 0 unspecified atom stereocenters. The lowest BCUT2D eigenvalue weighted by Gasteiger charge is -2.43. The van der Waals surface area contributed by atoms with Crippen LogP contribution >= 0.6 is 0 Å². The summed E-state index contributed by atoms with van der Waals surface area (Å²) in [6.45, 7) is 0.0825. The molecule has 6 heteroatoms. The Morgan fingerprint density at radius 1 is 1.37 bits per heavy atom. The van der Waals surface area contributed by atoms with E-state index in [9.17, 15) is 9.59 Å². The maximum absolute atomic E-state index is 11.8. The van der Waals surface area contributed by atoms with Gasteiger partial charge < -0.3 is 14.6 Å². The zero-order chi connectivity index (χ0) is 13.9. The molecular formula is C13H15NO5. The third-order valence-corrected chi connectivity index (χ3v) is 3.20. The van der Waals surface area contributed by atoms with Crippen LogP contribution in [0.4, 0.5) is 4.79 Å². The van der Waals surface area contributed by atoms with E-state index in [0.717, 1.165) is 10.5 Å². The van der Waals surface area contributed by atoms with Crippen LogP contribution in [-0.4, -0.2) is 47.9 Å². The first-order chi connectivity index (χ1) is 9.06. The van der Waals surface area contributed by atoms with Crippen molar-refractivity contribution in [3.63, 3.8) is 0 Å². The number of ether oxygens (including phenoxy) is 2. The van der Waals surface area contributed by atoms with Gasteiger partial charge in [-0.05, 0) is 5.56 Å². The minimum absolute atomic E-state index is 0.0146. The fourth-order valence-corrected chi connectivity index (χ4v) is 1.75. The molecule has 2 rings (SSSR count). The number of carboxylic acids is 1. The van der Waals surface area contributed by atoms with Crippen molar-refractivity contribution in [3.05, 3.63) is 35.9 Å². The van der Waals surface area contributed by atoms with E-state index in [-0.39, 0.29) is 19.8 Å². The lowest BCUT2D eigenvalue weighted by molar-refractivity contribution is -0.180. The Morgan fingerprint density at radius 2 is 2.00 bits per heavy atom. The smallest absolute Gasteiger partial charge is 0.410 e. The average Bonchev–Trinajstić information content (AvgIpc) is 2.35. The van der Waals surface area contributed by atoms with Crippen LogP contribution in [0, 0.1) is 0 Å². The van der Waals surface area contributed by atoms with Gasteiger partial charge in [0.1, 0.15) is 6.61 Å². The summed E-state index contributed by atoms with van der Waals surface area (Å²) in [6, 6.07) is 9.19. The zero-order valence-electron chi connectivity index (χ0n) is 10.5. The lowest BCUT2D eigenvalue weighted by Crippen LogP contribution is -2.67. The summed E-state index contributed by atoms with van der Waals surface area (Å²) in [4.78, 5) is 24.1. The van der Waals surface area contributed by atoms with Crippen molar-refractivity contribution in [2.75, 3.05) is 20.3 Å². The second-order valence-electron chi connectivity index (χ2n) is 4.43. The SMILES string of the molecule is CN(C(=O)OCc1ccccc1)C1(C(=O)O)COC1. The van der Waals surface area contributed by atoms with Crippen molar-refractivity contribution in [2.45, 2.75) is 12.1 Å². The lowest BCUT2D eigenvalue weighted by atomic mass is 9.96. The van der Waals surface area contributed by atoms with Crippen LogP contribution in [0.15, 0.2) is 30.3 Å². The quantitative estimate of drug-likeness (QED) is 0.882. The van der Waals surface area contributed by atoms with Gasteiger partial charge in [-0.25, -0.2) is 9.59 Å². The van der Waals surface area contributed by atoms with Crippen LogP contribution in [0.3, 0.4) is 0 Å². The van der Waals surface area contributed by atoms with Gasteiger partial charge in [-0.2, -0.15) is 0 Å². The predicted octanol–water partition coefficient (Wildman–Crippen LogP) is 1.11. The van der Waals surface area contributed by atoms with Crippen LogP contribution < -0.4 is 0 Å². The first kappa shape index (κ1) is 13.4. The van der Waals surface area contributed by atoms with Crippen molar-refractivity contribution < 1.29 is 24.2 Å². The molecule has 19 heavy (non-hydrogen) atoms. The Labute approximate surface area is 110 Å². The first-order valence-electron chi connectivity index (χ1n) is 5.82. The molecule has 0 aromatic heterocycles. The molecule has 1 aromatic carbocycles. The van der Waals surface area contributed by atoms with Crippen LogP contribution in [0.2, 0.25) is 0 Å².